The lowest BCUT2D eigenvalue weighted by atomic mass is 9.95. The van der Waals surface area contributed by atoms with Crippen molar-refractivity contribution in [3.05, 3.63) is 47.5 Å². The summed E-state index contributed by atoms with van der Waals surface area (Å²) in [6, 6.07) is 9.88. The van der Waals surface area contributed by atoms with Gasteiger partial charge in [0.25, 0.3) is 11.8 Å². The molecule has 1 fully saturated rings. The summed E-state index contributed by atoms with van der Waals surface area (Å²) in [4.78, 5) is 32.8. The highest BCUT2D eigenvalue weighted by atomic mass is 16.2. The number of rotatable bonds is 5. The number of anilines is 1. The molecule has 1 aliphatic heterocycles. The van der Waals surface area contributed by atoms with Gasteiger partial charge in [-0.3, -0.25) is 9.59 Å². The summed E-state index contributed by atoms with van der Waals surface area (Å²) >= 11 is 0. The third-order valence-corrected chi connectivity index (χ3v) is 6.09. The lowest BCUT2D eigenvalue weighted by molar-refractivity contribution is 0.0911. The fourth-order valence-corrected chi connectivity index (χ4v) is 4.56. The molecular formula is C23H30N4O2. The molecule has 6 nitrogen and oxygen atoms in total. The summed E-state index contributed by atoms with van der Waals surface area (Å²) in [5, 5.41) is 3.17. The Hall–Kier alpha value is -2.63. The summed E-state index contributed by atoms with van der Waals surface area (Å²) in [5.74, 6) is 0.140. The third kappa shape index (κ3) is 4.07. The van der Waals surface area contributed by atoms with E-state index in [4.69, 9.17) is 0 Å². The van der Waals surface area contributed by atoms with Gasteiger partial charge in [-0.15, -0.1) is 0 Å². The van der Waals surface area contributed by atoms with Crippen molar-refractivity contribution in [1.29, 1.82) is 0 Å². The Morgan fingerprint density at radius 3 is 2.59 bits per heavy atom. The molecule has 1 saturated carbocycles. The van der Waals surface area contributed by atoms with Crippen LogP contribution in [0.15, 0.2) is 30.3 Å². The molecule has 0 unspecified atom stereocenters. The van der Waals surface area contributed by atoms with Crippen molar-refractivity contribution >= 4 is 17.5 Å². The number of nitrogens with zero attached hydrogens (tertiary/aromatic N) is 3. The number of benzene rings is 1. The monoisotopic (exact) mass is 394 g/mol. The van der Waals surface area contributed by atoms with Gasteiger partial charge in [-0.05, 0) is 51.2 Å². The molecule has 1 N–H and O–H groups in total. The normalized spacial score (nSPS) is 16.9. The number of nitrogens with one attached hydrogen (secondary N) is 1. The molecule has 0 atom stereocenters. The SMILES string of the molecule is CCN(C(=O)c1nc(C(=O)NC2CCCCC2)n2c1CCCC2)c1ccccc1. The van der Waals surface area contributed by atoms with Crippen molar-refractivity contribution in [2.45, 2.75) is 70.9 Å². The lowest BCUT2D eigenvalue weighted by Crippen LogP contribution is -2.37. The van der Waals surface area contributed by atoms with Gasteiger partial charge in [0.15, 0.2) is 11.5 Å². The van der Waals surface area contributed by atoms with Crippen LogP contribution in [-0.4, -0.2) is 34.0 Å². The van der Waals surface area contributed by atoms with Crippen molar-refractivity contribution in [1.82, 2.24) is 14.9 Å². The predicted molar refractivity (Wildman–Crippen MR) is 113 cm³/mol. The summed E-state index contributed by atoms with van der Waals surface area (Å²) in [6.45, 7) is 3.27. The van der Waals surface area contributed by atoms with Crippen LogP contribution < -0.4 is 10.2 Å². The molecule has 29 heavy (non-hydrogen) atoms. The van der Waals surface area contributed by atoms with Gasteiger partial charge in [-0.1, -0.05) is 37.5 Å². The van der Waals surface area contributed by atoms with Crippen LogP contribution in [0, 0.1) is 0 Å². The summed E-state index contributed by atoms with van der Waals surface area (Å²) in [5.41, 5.74) is 2.19. The van der Waals surface area contributed by atoms with E-state index in [2.05, 4.69) is 10.3 Å². The van der Waals surface area contributed by atoms with Crippen LogP contribution in [0.3, 0.4) is 0 Å². The van der Waals surface area contributed by atoms with E-state index < -0.39 is 0 Å². The van der Waals surface area contributed by atoms with E-state index in [1.165, 1.54) is 6.42 Å². The molecule has 0 spiro atoms. The van der Waals surface area contributed by atoms with E-state index in [0.717, 1.165) is 62.9 Å². The number of hydrogen-bond donors (Lipinski definition) is 1. The molecule has 4 rings (SSSR count). The number of aromatic nitrogens is 2. The highest BCUT2D eigenvalue weighted by Crippen LogP contribution is 2.25. The van der Waals surface area contributed by atoms with Crippen LogP contribution in [0.2, 0.25) is 0 Å². The van der Waals surface area contributed by atoms with Gasteiger partial charge in [0, 0.05) is 24.8 Å². The fraction of sp³-hybridized carbons (Fsp3) is 0.522. The standard InChI is InChI=1S/C23H30N4O2/c1-2-26(18-13-7-4-8-14-18)23(29)20-19-15-9-10-16-27(19)21(25-20)22(28)24-17-11-5-3-6-12-17/h4,7-8,13-14,17H,2-3,5-6,9-12,15-16H2,1H3,(H,24,28). The summed E-state index contributed by atoms with van der Waals surface area (Å²) in [7, 11) is 0. The Morgan fingerprint density at radius 2 is 1.86 bits per heavy atom. The highest BCUT2D eigenvalue weighted by Gasteiger charge is 2.30. The van der Waals surface area contributed by atoms with E-state index in [1.807, 2.05) is 41.8 Å². The molecule has 1 aromatic carbocycles. The summed E-state index contributed by atoms with van der Waals surface area (Å²) < 4.78 is 1.98. The van der Waals surface area contributed by atoms with E-state index in [-0.39, 0.29) is 17.9 Å². The van der Waals surface area contributed by atoms with Crippen LogP contribution in [0.5, 0.6) is 0 Å². The van der Waals surface area contributed by atoms with Gasteiger partial charge in [-0.25, -0.2) is 4.98 Å². The topological polar surface area (TPSA) is 67.2 Å². The summed E-state index contributed by atoms with van der Waals surface area (Å²) in [6.07, 6.45) is 8.45. The number of carbonyl (C=O) groups excluding carboxylic acids is 2. The maximum atomic E-state index is 13.4. The van der Waals surface area contributed by atoms with E-state index >= 15 is 0 Å². The molecule has 0 saturated heterocycles. The lowest BCUT2D eigenvalue weighted by Gasteiger charge is -2.23. The first-order valence-electron chi connectivity index (χ1n) is 11.0. The number of carbonyl (C=O) groups is 2. The van der Waals surface area contributed by atoms with Crippen molar-refractivity contribution in [3.8, 4) is 0 Å². The van der Waals surface area contributed by atoms with Crippen LogP contribution >= 0.6 is 0 Å². The predicted octanol–water partition coefficient (Wildman–Crippen LogP) is 3.95. The molecule has 2 aliphatic rings. The zero-order valence-corrected chi connectivity index (χ0v) is 17.2. The Kier molecular flexibility index (Phi) is 5.97. The third-order valence-electron chi connectivity index (χ3n) is 6.09. The van der Waals surface area contributed by atoms with Crippen LogP contribution in [0.1, 0.15) is 78.7 Å². The largest absolute Gasteiger partial charge is 0.347 e. The molecule has 2 amide bonds. The second kappa shape index (κ2) is 8.80. The van der Waals surface area contributed by atoms with Gasteiger partial charge >= 0.3 is 0 Å². The van der Waals surface area contributed by atoms with Gasteiger partial charge < -0.3 is 14.8 Å². The maximum absolute atomic E-state index is 13.4. The number of amides is 2. The average Bonchev–Trinajstić information content (AvgIpc) is 3.16. The number of fused-ring (bicyclic) bond motifs is 1. The average molecular weight is 395 g/mol. The minimum atomic E-state index is -0.137. The zero-order valence-electron chi connectivity index (χ0n) is 17.2. The van der Waals surface area contributed by atoms with E-state index in [1.54, 1.807) is 4.90 Å². The molecule has 2 heterocycles. The molecule has 1 aromatic heterocycles. The Labute approximate surface area is 172 Å². The van der Waals surface area contributed by atoms with E-state index in [0.29, 0.717) is 18.1 Å². The number of hydrogen-bond acceptors (Lipinski definition) is 3. The zero-order chi connectivity index (χ0) is 20.2. The fourth-order valence-electron chi connectivity index (χ4n) is 4.56. The molecule has 0 bridgehead atoms. The van der Waals surface area contributed by atoms with E-state index in [9.17, 15) is 9.59 Å². The Morgan fingerprint density at radius 1 is 1.10 bits per heavy atom. The first-order chi connectivity index (χ1) is 14.2. The first kappa shape index (κ1) is 19.7. The van der Waals surface area contributed by atoms with Crippen molar-refractivity contribution < 1.29 is 9.59 Å². The number of para-hydroxylation sites is 1. The smallest absolute Gasteiger partial charge is 0.287 e. The quantitative estimate of drug-likeness (QED) is 0.835. The highest BCUT2D eigenvalue weighted by molar-refractivity contribution is 6.06. The van der Waals surface area contributed by atoms with Crippen LogP contribution in [0.25, 0.3) is 0 Å². The minimum absolute atomic E-state index is 0.124. The van der Waals surface area contributed by atoms with Crippen molar-refractivity contribution in [3.63, 3.8) is 0 Å². The second-order valence-corrected chi connectivity index (χ2v) is 8.03. The van der Waals surface area contributed by atoms with Crippen molar-refractivity contribution in [2.75, 3.05) is 11.4 Å². The van der Waals surface area contributed by atoms with Gasteiger partial charge in [0.1, 0.15) is 0 Å². The van der Waals surface area contributed by atoms with Crippen molar-refractivity contribution in [2.24, 2.45) is 0 Å². The Balaban J connectivity index is 1.63. The van der Waals surface area contributed by atoms with Crippen LogP contribution in [-0.2, 0) is 13.0 Å². The minimum Gasteiger partial charge on any atom is -0.347 e. The molecule has 6 heteroatoms. The molecule has 1 aliphatic carbocycles. The molecule has 154 valence electrons. The molecule has 0 radical (unpaired) electrons. The molecular weight excluding hydrogens is 364 g/mol. The first-order valence-corrected chi connectivity index (χ1v) is 11.0. The maximum Gasteiger partial charge on any atom is 0.287 e. The Bertz CT molecular complexity index is 869. The second-order valence-electron chi connectivity index (χ2n) is 8.03. The molecule has 2 aromatic rings. The number of imidazole rings is 1. The van der Waals surface area contributed by atoms with Gasteiger partial charge in [-0.2, -0.15) is 0 Å². The van der Waals surface area contributed by atoms with Gasteiger partial charge in [0.2, 0.25) is 0 Å². The van der Waals surface area contributed by atoms with Gasteiger partial charge in [0.05, 0.1) is 5.69 Å². The van der Waals surface area contributed by atoms with Crippen LogP contribution in [0.4, 0.5) is 5.69 Å².